The number of nitrogens with zero attached hydrogens (tertiary/aromatic N) is 2. The lowest BCUT2D eigenvalue weighted by molar-refractivity contribution is -0.192. The number of amides is 2. The Balaban J connectivity index is 0.000000973. The maximum absolute atomic E-state index is 15.8. The van der Waals surface area contributed by atoms with E-state index in [0.717, 1.165) is 0 Å². The summed E-state index contributed by atoms with van der Waals surface area (Å²) in [7, 11) is -1.63. The van der Waals surface area contributed by atoms with Gasteiger partial charge in [-0.2, -0.15) is 13.2 Å². The average Bonchev–Trinajstić information content (AvgIpc) is 3.62. The molecule has 3 atom stereocenters. The molecule has 312 valence electrons. The molecule has 1 aliphatic rings. The molecule has 3 aromatic carbocycles. The van der Waals surface area contributed by atoms with Crippen LogP contribution < -0.4 is 21.1 Å². The van der Waals surface area contributed by atoms with Gasteiger partial charge in [-0.15, -0.1) is 0 Å². The van der Waals surface area contributed by atoms with Crippen LogP contribution in [0.1, 0.15) is 50.4 Å². The van der Waals surface area contributed by atoms with Crippen LogP contribution in [-0.4, -0.2) is 86.1 Å². The number of carboxylic acid groups (broad SMARTS) is 1. The van der Waals surface area contributed by atoms with Crippen molar-refractivity contribution in [2.24, 2.45) is 5.92 Å². The zero-order valence-electron chi connectivity index (χ0n) is 31.8. The summed E-state index contributed by atoms with van der Waals surface area (Å²) >= 11 is 0. The molecule has 0 saturated carbocycles. The molecule has 0 unspecified atom stereocenters. The summed E-state index contributed by atoms with van der Waals surface area (Å²) in [6.45, 7) is 5.07. The number of halogens is 4. The number of anilines is 3. The quantitative estimate of drug-likeness (QED) is 0.0970. The minimum atomic E-state index is -5.08. The third-order valence-electron chi connectivity index (χ3n) is 9.06. The number of rotatable bonds is 11. The fourth-order valence-electron chi connectivity index (χ4n) is 6.26. The third-order valence-corrected chi connectivity index (χ3v) is 11.3. The van der Waals surface area contributed by atoms with Gasteiger partial charge in [-0.25, -0.2) is 27.4 Å². The van der Waals surface area contributed by atoms with Crippen LogP contribution in [0.5, 0.6) is 5.75 Å². The molecular formula is C38H41F4N5O10S. The molecule has 15 nitrogen and oxygen atoms in total. The van der Waals surface area contributed by atoms with E-state index in [2.05, 4.69) is 15.6 Å². The Morgan fingerprint density at radius 3 is 2.28 bits per heavy atom. The Hall–Kier alpha value is -6.18. The summed E-state index contributed by atoms with van der Waals surface area (Å²) in [4.78, 5) is 54.7. The molecule has 1 saturated heterocycles. The minimum Gasteiger partial charge on any atom is -0.494 e. The monoisotopic (exact) mass is 835 g/mol. The first-order valence-corrected chi connectivity index (χ1v) is 19.0. The molecule has 0 bridgehead atoms. The van der Waals surface area contributed by atoms with E-state index >= 15 is 4.39 Å². The topological polar surface area (TPSA) is 217 Å². The second-order valence-corrected chi connectivity index (χ2v) is 15.5. The van der Waals surface area contributed by atoms with E-state index in [1.54, 1.807) is 37.4 Å². The minimum absolute atomic E-state index is 0.00996. The van der Waals surface area contributed by atoms with Gasteiger partial charge in [0.1, 0.15) is 23.4 Å². The highest BCUT2D eigenvalue weighted by Crippen LogP contribution is 2.44. The molecule has 0 radical (unpaired) electrons. The molecule has 58 heavy (non-hydrogen) atoms. The molecule has 2 heterocycles. The predicted octanol–water partition coefficient (Wildman–Crippen LogP) is 6.26. The van der Waals surface area contributed by atoms with Crippen LogP contribution in [0.4, 0.5) is 39.5 Å². The van der Waals surface area contributed by atoms with Gasteiger partial charge in [0.2, 0.25) is 5.91 Å². The van der Waals surface area contributed by atoms with E-state index in [9.17, 15) is 36.0 Å². The zero-order chi connectivity index (χ0) is 43.1. The number of nitrogens with one attached hydrogen (secondary N) is 2. The number of ether oxygens (including phenoxy) is 3. The number of likely N-dealkylation sites (tertiary alicyclic amines) is 1. The first-order chi connectivity index (χ1) is 27.2. The Labute approximate surface area is 330 Å². The largest absolute Gasteiger partial charge is 0.494 e. The van der Waals surface area contributed by atoms with Gasteiger partial charge in [0.05, 0.1) is 42.9 Å². The van der Waals surface area contributed by atoms with Gasteiger partial charge in [-0.05, 0) is 98.8 Å². The smallest absolute Gasteiger partial charge is 0.490 e. The molecule has 0 aliphatic carbocycles. The normalized spacial score (nSPS) is 15.9. The van der Waals surface area contributed by atoms with Crippen LogP contribution in [0.2, 0.25) is 0 Å². The Morgan fingerprint density at radius 2 is 1.67 bits per heavy atom. The zero-order valence-corrected chi connectivity index (χ0v) is 32.6. The third kappa shape index (κ3) is 10.0. The number of benzene rings is 3. The van der Waals surface area contributed by atoms with Gasteiger partial charge >= 0.3 is 24.2 Å². The first-order valence-electron chi connectivity index (χ1n) is 17.5. The lowest BCUT2D eigenvalue weighted by Gasteiger charge is -2.33. The number of fused-ring (bicyclic) bond motifs is 1. The molecule has 1 aliphatic heterocycles. The Morgan fingerprint density at radius 1 is 1.00 bits per heavy atom. The standard InChI is InChI=1S/C36H40FN5O8S.C2HF3O2/c1-6-50-24-9-11-29(37)27(19-24)31(40-22-7-10-25-21(17-22)13-15-39-33(25)38)34(43)42-16-14-26(35(44)48-4)32(42)28-18-23(41-36(45)49-5)8-12-30(28)51(46,47)20(2)3;3-2(4,5)1(6)7/h7-13,15,17-20,26,31-32,40H,6,14,16H2,1-5H3,(H2,38,39)(H,41,45);(H,6,7)/t26-,31-,32+;/m0./s1. The Kier molecular flexibility index (Phi) is 14.1. The second-order valence-electron chi connectivity index (χ2n) is 13.0. The van der Waals surface area contributed by atoms with Crippen molar-refractivity contribution in [1.82, 2.24) is 9.88 Å². The number of alkyl halides is 3. The molecule has 2 amide bonds. The van der Waals surface area contributed by atoms with E-state index in [1.165, 1.54) is 69.4 Å². The van der Waals surface area contributed by atoms with Gasteiger partial charge in [-0.3, -0.25) is 14.9 Å². The molecule has 5 rings (SSSR count). The van der Waals surface area contributed by atoms with Gasteiger partial charge in [0, 0.05) is 35.1 Å². The van der Waals surface area contributed by atoms with Crippen molar-refractivity contribution in [3.05, 3.63) is 83.8 Å². The van der Waals surface area contributed by atoms with Gasteiger partial charge in [0.25, 0.3) is 0 Å². The second kappa shape index (κ2) is 18.4. The Bertz CT molecular complexity index is 2290. The molecule has 1 fully saturated rings. The number of carboxylic acids is 1. The molecular weight excluding hydrogens is 795 g/mol. The van der Waals surface area contributed by atoms with Crippen LogP contribution in [-0.2, 0) is 33.7 Å². The molecule has 1 aromatic heterocycles. The van der Waals surface area contributed by atoms with Gasteiger partial charge in [0.15, 0.2) is 9.84 Å². The number of pyridine rings is 1. The SMILES string of the molecule is CCOc1ccc(F)c([C@H](Nc2ccc3c(N)nccc3c2)C(=O)N2CC[C@H](C(=O)OC)[C@@H]2c2cc(NC(=O)OC)ccc2S(=O)(=O)C(C)C)c1.O=C(O)C(F)(F)F. The number of carbonyl (C=O) groups excluding carboxylic acids is 3. The van der Waals surface area contributed by atoms with E-state index in [1.807, 2.05) is 0 Å². The maximum atomic E-state index is 15.8. The first kappa shape index (κ1) is 44.5. The van der Waals surface area contributed by atoms with Crippen molar-refractivity contribution < 1.29 is 64.5 Å². The number of hydrogen-bond donors (Lipinski definition) is 4. The fraction of sp³-hybridized carbons (Fsp3) is 0.342. The molecule has 4 aromatic rings. The van der Waals surface area contributed by atoms with Crippen LogP contribution in [0.25, 0.3) is 10.8 Å². The number of sulfone groups is 1. The van der Waals surface area contributed by atoms with Crippen molar-refractivity contribution in [2.45, 2.75) is 55.6 Å². The van der Waals surface area contributed by atoms with Crippen molar-refractivity contribution in [3.8, 4) is 5.75 Å². The van der Waals surface area contributed by atoms with Crippen LogP contribution in [0.3, 0.4) is 0 Å². The highest BCUT2D eigenvalue weighted by Gasteiger charge is 2.47. The average molecular weight is 836 g/mol. The maximum Gasteiger partial charge on any atom is 0.490 e. The number of carbonyl (C=O) groups is 4. The number of nitrogen functional groups attached to an aromatic ring is 1. The van der Waals surface area contributed by atoms with Crippen molar-refractivity contribution >= 4 is 61.7 Å². The fourth-order valence-corrected chi connectivity index (χ4v) is 7.53. The van der Waals surface area contributed by atoms with Crippen LogP contribution in [0.15, 0.2) is 71.8 Å². The summed E-state index contributed by atoms with van der Waals surface area (Å²) in [5, 5.41) is 13.3. The van der Waals surface area contributed by atoms with Crippen LogP contribution >= 0.6 is 0 Å². The lowest BCUT2D eigenvalue weighted by Crippen LogP contribution is -2.40. The van der Waals surface area contributed by atoms with Crippen molar-refractivity contribution in [3.63, 3.8) is 0 Å². The summed E-state index contributed by atoms with van der Waals surface area (Å²) in [5.41, 5.74) is 6.70. The number of methoxy groups -OCH3 is 2. The van der Waals surface area contributed by atoms with Crippen molar-refractivity contribution in [1.29, 1.82) is 0 Å². The summed E-state index contributed by atoms with van der Waals surface area (Å²) in [6.07, 6.45) is -4.25. The molecule has 5 N–H and O–H groups in total. The van der Waals surface area contributed by atoms with Crippen molar-refractivity contribution in [2.75, 3.05) is 43.7 Å². The molecule has 20 heteroatoms. The van der Waals surface area contributed by atoms with E-state index in [0.29, 0.717) is 28.0 Å². The summed E-state index contributed by atoms with van der Waals surface area (Å²) < 4.78 is 90.6. The highest BCUT2D eigenvalue weighted by molar-refractivity contribution is 7.92. The highest BCUT2D eigenvalue weighted by atomic mass is 32.2. The van der Waals surface area contributed by atoms with Gasteiger partial charge in [-0.1, -0.05) is 0 Å². The number of aromatic nitrogens is 1. The van der Waals surface area contributed by atoms with E-state index in [4.69, 9.17) is 29.8 Å². The number of hydrogen-bond acceptors (Lipinski definition) is 12. The number of nitrogens with two attached hydrogens (primary N) is 1. The predicted molar refractivity (Wildman–Crippen MR) is 203 cm³/mol. The molecule has 0 spiro atoms. The summed E-state index contributed by atoms with van der Waals surface area (Å²) in [5.74, 6) is -5.17. The van der Waals surface area contributed by atoms with E-state index < -0.39 is 69.0 Å². The van der Waals surface area contributed by atoms with Crippen LogP contribution in [0, 0.1) is 11.7 Å². The number of aliphatic carboxylic acids is 1. The summed E-state index contributed by atoms with van der Waals surface area (Å²) in [6, 6.07) is 12.5. The number of esters is 1. The van der Waals surface area contributed by atoms with E-state index in [-0.39, 0.29) is 41.3 Å². The van der Waals surface area contributed by atoms with Gasteiger partial charge < -0.3 is 35.3 Å². The lowest BCUT2D eigenvalue weighted by atomic mass is 9.92.